The van der Waals surface area contributed by atoms with Gasteiger partial charge in [-0.15, -0.1) is 0 Å². The lowest BCUT2D eigenvalue weighted by Gasteiger charge is -2.42. The molecule has 1 unspecified atom stereocenters. The maximum absolute atomic E-state index is 10.9. The molecule has 1 aliphatic carbocycles. The topological polar surface area (TPSA) is 76.7 Å². The molecule has 1 N–H and O–H groups in total. The Morgan fingerprint density at radius 1 is 1.67 bits per heavy atom. The molecular formula is C13H15N3O2. The van der Waals surface area contributed by atoms with Gasteiger partial charge in [-0.2, -0.15) is 5.26 Å². The van der Waals surface area contributed by atoms with Crippen LogP contribution in [-0.4, -0.2) is 35.3 Å². The lowest BCUT2D eigenvalue weighted by Crippen LogP contribution is -2.49. The van der Waals surface area contributed by atoms with Crippen LogP contribution in [0, 0.1) is 22.7 Å². The predicted octanol–water partition coefficient (Wildman–Crippen LogP) is 1.40. The minimum absolute atomic E-state index is 0.0813. The number of nitrogens with zero attached hydrogens (tertiary/aromatic N) is 3. The van der Waals surface area contributed by atoms with Crippen LogP contribution in [0.2, 0.25) is 0 Å². The highest BCUT2D eigenvalue weighted by Gasteiger charge is 2.65. The lowest BCUT2D eigenvalue weighted by atomic mass is 9.93. The molecule has 2 fully saturated rings. The Morgan fingerprint density at radius 3 is 2.72 bits per heavy atom. The number of carboxylic acid groups (broad SMARTS) is 1. The smallest absolute Gasteiger partial charge is 0.307 e. The Morgan fingerprint density at radius 2 is 2.33 bits per heavy atom. The third-order valence-corrected chi connectivity index (χ3v) is 3.62. The van der Waals surface area contributed by atoms with E-state index in [2.05, 4.69) is 17.6 Å². The summed E-state index contributed by atoms with van der Waals surface area (Å²) in [6.07, 6.45) is 3.84. The van der Waals surface area contributed by atoms with Gasteiger partial charge in [-0.05, 0) is 19.4 Å². The normalized spacial score (nSPS) is 25.3. The third kappa shape index (κ3) is 1.80. The van der Waals surface area contributed by atoms with Crippen molar-refractivity contribution >= 4 is 12.2 Å². The van der Waals surface area contributed by atoms with Crippen LogP contribution in [0.5, 0.6) is 0 Å². The minimum Gasteiger partial charge on any atom is -0.481 e. The number of carboxylic acids is 1. The van der Waals surface area contributed by atoms with E-state index in [0.717, 1.165) is 6.42 Å². The summed E-state index contributed by atoms with van der Waals surface area (Å²) in [6.45, 7) is 6.70. The van der Waals surface area contributed by atoms with Crippen LogP contribution in [0.15, 0.2) is 29.0 Å². The van der Waals surface area contributed by atoms with E-state index in [1.165, 1.54) is 6.08 Å². The first-order chi connectivity index (χ1) is 8.57. The number of aliphatic imine (C=N–C) groups is 1. The van der Waals surface area contributed by atoms with E-state index in [1.807, 2.05) is 4.90 Å². The van der Waals surface area contributed by atoms with Crippen molar-refractivity contribution in [3.8, 4) is 6.07 Å². The summed E-state index contributed by atoms with van der Waals surface area (Å²) in [6, 6.07) is 2.06. The van der Waals surface area contributed by atoms with Crippen LogP contribution in [0.25, 0.3) is 0 Å². The Balaban J connectivity index is 2.11. The van der Waals surface area contributed by atoms with Crippen molar-refractivity contribution in [3.05, 3.63) is 24.0 Å². The SMILES string of the molecule is C=C/C(C#N)=C(\N=C/C)N1CC2(CC2C(=O)O)C1. The van der Waals surface area contributed by atoms with Crippen LogP contribution in [0.4, 0.5) is 0 Å². The van der Waals surface area contributed by atoms with Crippen molar-refractivity contribution in [1.29, 1.82) is 5.26 Å². The second kappa shape index (κ2) is 4.30. The quantitative estimate of drug-likeness (QED) is 0.461. The van der Waals surface area contributed by atoms with E-state index >= 15 is 0 Å². The van der Waals surface area contributed by atoms with E-state index in [4.69, 9.17) is 10.4 Å². The van der Waals surface area contributed by atoms with Crippen molar-refractivity contribution < 1.29 is 9.90 Å². The van der Waals surface area contributed by atoms with Crippen LogP contribution in [0.3, 0.4) is 0 Å². The molecule has 1 aliphatic heterocycles. The van der Waals surface area contributed by atoms with Gasteiger partial charge in [0.25, 0.3) is 0 Å². The van der Waals surface area contributed by atoms with E-state index < -0.39 is 5.97 Å². The van der Waals surface area contributed by atoms with Gasteiger partial charge in [0.1, 0.15) is 11.9 Å². The molecule has 94 valence electrons. The van der Waals surface area contributed by atoms with Gasteiger partial charge in [-0.3, -0.25) is 4.79 Å². The molecule has 0 aromatic carbocycles. The molecule has 0 aromatic heterocycles. The van der Waals surface area contributed by atoms with Crippen molar-refractivity contribution in [2.45, 2.75) is 13.3 Å². The predicted molar refractivity (Wildman–Crippen MR) is 66.8 cm³/mol. The van der Waals surface area contributed by atoms with Gasteiger partial charge in [0, 0.05) is 24.7 Å². The molecule has 2 rings (SSSR count). The first-order valence-corrected chi connectivity index (χ1v) is 5.81. The molecule has 0 aromatic rings. The molecule has 5 nitrogen and oxygen atoms in total. The molecule has 0 bridgehead atoms. The average molecular weight is 245 g/mol. The molecule has 1 spiro atoms. The number of hydrogen-bond acceptors (Lipinski definition) is 4. The number of rotatable bonds is 4. The van der Waals surface area contributed by atoms with Crippen LogP contribution in [0.1, 0.15) is 13.3 Å². The third-order valence-electron chi connectivity index (χ3n) is 3.62. The summed E-state index contributed by atoms with van der Waals surface area (Å²) in [7, 11) is 0. The molecule has 0 amide bonds. The Labute approximate surface area is 106 Å². The number of likely N-dealkylation sites (tertiary alicyclic amines) is 1. The molecule has 1 heterocycles. The first-order valence-electron chi connectivity index (χ1n) is 5.81. The zero-order valence-corrected chi connectivity index (χ0v) is 10.3. The summed E-state index contributed by atoms with van der Waals surface area (Å²) < 4.78 is 0. The second-order valence-corrected chi connectivity index (χ2v) is 4.75. The van der Waals surface area contributed by atoms with Gasteiger partial charge in [-0.25, -0.2) is 4.99 Å². The summed E-state index contributed by atoms with van der Waals surface area (Å²) in [5.41, 5.74) is 0.345. The zero-order valence-electron chi connectivity index (χ0n) is 10.3. The van der Waals surface area contributed by atoms with Gasteiger partial charge in [0.05, 0.1) is 11.5 Å². The van der Waals surface area contributed by atoms with E-state index in [-0.39, 0.29) is 11.3 Å². The number of carbonyl (C=O) groups is 1. The molecule has 18 heavy (non-hydrogen) atoms. The fraction of sp³-hybridized carbons (Fsp3) is 0.462. The van der Waals surface area contributed by atoms with Crippen molar-refractivity contribution in [2.75, 3.05) is 13.1 Å². The van der Waals surface area contributed by atoms with Crippen molar-refractivity contribution in [2.24, 2.45) is 16.3 Å². The number of hydrogen-bond donors (Lipinski definition) is 1. The summed E-state index contributed by atoms with van der Waals surface area (Å²) >= 11 is 0. The molecule has 0 radical (unpaired) electrons. The average Bonchev–Trinajstić information content (AvgIpc) is 3.03. The van der Waals surface area contributed by atoms with Crippen molar-refractivity contribution in [1.82, 2.24) is 4.90 Å². The highest BCUT2D eigenvalue weighted by molar-refractivity contribution is 5.75. The number of allylic oxidation sites excluding steroid dienone is 2. The highest BCUT2D eigenvalue weighted by Crippen LogP contribution is 2.59. The van der Waals surface area contributed by atoms with Gasteiger partial charge in [0.15, 0.2) is 0 Å². The monoisotopic (exact) mass is 245 g/mol. The molecule has 1 saturated carbocycles. The van der Waals surface area contributed by atoms with Crippen LogP contribution >= 0.6 is 0 Å². The van der Waals surface area contributed by atoms with E-state index in [1.54, 1.807) is 13.1 Å². The molecule has 1 saturated heterocycles. The van der Waals surface area contributed by atoms with E-state index in [0.29, 0.717) is 24.5 Å². The maximum Gasteiger partial charge on any atom is 0.307 e. The number of nitriles is 1. The molecular weight excluding hydrogens is 230 g/mol. The van der Waals surface area contributed by atoms with Gasteiger partial charge < -0.3 is 10.0 Å². The Bertz CT molecular complexity index is 493. The van der Waals surface area contributed by atoms with Crippen LogP contribution < -0.4 is 0 Å². The minimum atomic E-state index is -0.719. The summed E-state index contributed by atoms with van der Waals surface area (Å²) in [5, 5.41) is 18.0. The Hall–Kier alpha value is -2.09. The summed E-state index contributed by atoms with van der Waals surface area (Å²) in [5.74, 6) is -0.352. The molecule has 2 aliphatic rings. The fourth-order valence-corrected chi connectivity index (χ4v) is 2.54. The van der Waals surface area contributed by atoms with Gasteiger partial charge in [0.2, 0.25) is 0 Å². The van der Waals surface area contributed by atoms with E-state index in [9.17, 15) is 4.79 Å². The zero-order chi connectivity index (χ0) is 13.3. The van der Waals surface area contributed by atoms with Gasteiger partial charge >= 0.3 is 5.97 Å². The summed E-state index contributed by atoms with van der Waals surface area (Å²) in [4.78, 5) is 17.0. The fourth-order valence-electron chi connectivity index (χ4n) is 2.54. The molecule has 1 atom stereocenters. The number of aliphatic carboxylic acids is 1. The maximum atomic E-state index is 10.9. The van der Waals surface area contributed by atoms with Crippen molar-refractivity contribution in [3.63, 3.8) is 0 Å². The largest absolute Gasteiger partial charge is 0.481 e. The van der Waals surface area contributed by atoms with Crippen LogP contribution in [-0.2, 0) is 4.79 Å². The first kappa shape index (κ1) is 12.4. The lowest BCUT2D eigenvalue weighted by molar-refractivity contribution is -0.140. The standard InChI is InChI=1S/C13H15N3O2/c1-3-9(6-14)11(15-4-2)16-7-13(8-16)5-10(13)12(17)18/h3-4,10H,1,5,7-8H2,2H3,(H,17,18)/b11-9-,15-4-. The second-order valence-electron chi connectivity index (χ2n) is 4.75. The Kier molecular flexibility index (Phi) is 2.95. The molecule has 5 heteroatoms. The van der Waals surface area contributed by atoms with Gasteiger partial charge in [-0.1, -0.05) is 6.58 Å². The highest BCUT2D eigenvalue weighted by atomic mass is 16.4.